The molecule has 1 heterocycles. The van der Waals surface area contributed by atoms with Crippen LogP contribution in [0.2, 0.25) is 0 Å². The summed E-state index contributed by atoms with van der Waals surface area (Å²) in [7, 11) is 0. The largest absolute Gasteiger partial charge is 0.348 e. The van der Waals surface area contributed by atoms with E-state index >= 15 is 0 Å². The number of hydrogen-bond acceptors (Lipinski definition) is 3. The minimum atomic E-state index is -0.212. The fourth-order valence-electron chi connectivity index (χ4n) is 4.09. The van der Waals surface area contributed by atoms with Gasteiger partial charge in [-0.3, -0.25) is 0 Å². The van der Waals surface area contributed by atoms with Gasteiger partial charge in [0.25, 0.3) is 0 Å². The molecular formula is C15H24O3. The topological polar surface area (TPSA) is 35.5 Å². The maximum absolute atomic E-state index is 10.8. The van der Waals surface area contributed by atoms with Gasteiger partial charge in [0, 0.05) is 18.8 Å². The molecule has 2 aliphatic carbocycles. The predicted octanol–water partition coefficient (Wildman–Crippen LogP) is 2.93. The molecule has 0 amide bonds. The van der Waals surface area contributed by atoms with Crippen molar-refractivity contribution in [1.82, 2.24) is 0 Å². The van der Waals surface area contributed by atoms with E-state index in [1.807, 2.05) is 0 Å². The molecule has 0 N–H and O–H groups in total. The molecule has 1 saturated heterocycles. The van der Waals surface area contributed by atoms with Crippen LogP contribution >= 0.6 is 0 Å². The summed E-state index contributed by atoms with van der Waals surface area (Å²) in [5.74, 6) is 1.82. The van der Waals surface area contributed by atoms with Gasteiger partial charge in [0.2, 0.25) is 0 Å². The highest BCUT2D eigenvalue weighted by atomic mass is 16.7. The second-order valence-electron chi connectivity index (χ2n) is 6.26. The highest BCUT2D eigenvalue weighted by molar-refractivity contribution is 5.53. The molecule has 102 valence electrons. The quantitative estimate of drug-likeness (QED) is 0.709. The van der Waals surface area contributed by atoms with Crippen molar-refractivity contribution in [2.24, 2.45) is 17.8 Å². The molecule has 0 aromatic rings. The van der Waals surface area contributed by atoms with Crippen molar-refractivity contribution >= 4 is 6.29 Å². The molecule has 18 heavy (non-hydrogen) atoms. The van der Waals surface area contributed by atoms with Crippen LogP contribution in [-0.4, -0.2) is 25.3 Å². The van der Waals surface area contributed by atoms with Crippen molar-refractivity contribution in [3.8, 4) is 0 Å². The van der Waals surface area contributed by atoms with E-state index in [-0.39, 0.29) is 5.79 Å². The van der Waals surface area contributed by atoms with Crippen LogP contribution in [0, 0.1) is 17.8 Å². The summed E-state index contributed by atoms with van der Waals surface area (Å²) in [6, 6.07) is 0. The number of rotatable bonds is 2. The lowest BCUT2D eigenvalue weighted by atomic mass is 9.70. The average molecular weight is 252 g/mol. The fraction of sp³-hybridized carbons (Fsp3) is 0.933. The number of carbonyl (C=O) groups is 1. The molecular weight excluding hydrogens is 228 g/mol. The summed E-state index contributed by atoms with van der Waals surface area (Å²) >= 11 is 0. The van der Waals surface area contributed by atoms with Crippen LogP contribution in [0.15, 0.2) is 0 Å². The third-order valence-electron chi connectivity index (χ3n) is 5.28. The van der Waals surface area contributed by atoms with Crippen LogP contribution in [0.1, 0.15) is 51.4 Å². The molecule has 0 unspecified atom stereocenters. The monoisotopic (exact) mass is 252 g/mol. The standard InChI is InChI=1S/C15H24O3/c16-11-12-1-3-13(4-2-12)14-5-7-15(8-6-14)17-9-10-18-15/h11-14H,1-10H2. The van der Waals surface area contributed by atoms with E-state index in [0.29, 0.717) is 5.92 Å². The van der Waals surface area contributed by atoms with Gasteiger partial charge < -0.3 is 14.3 Å². The van der Waals surface area contributed by atoms with E-state index in [2.05, 4.69) is 0 Å². The fourth-order valence-corrected chi connectivity index (χ4v) is 4.09. The van der Waals surface area contributed by atoms with Gasteiger partial charge in [-0.05, 0) is 50.4 Å². The van der Waals surface area contributed by atoms with E-state index in [0.717, 1.165) is 57.0 Å². The average Bonchev–Trinajstić information content (AvgIpc) is 2.88. The van der Waals surface area contributed by atoms with E-state index in [1.165, 1.54) is 25.7 Å². The third kappa shape index (κ3) is 2.48. The lowest BCUT2D eigenvalue weighted by Crippen LogP contribution is -2.37. The first-order valence-corrected chi connectivity index (χ1v) is 7.54. The smallest absolute Gasteiger partial charge is 0.168 e. The molecule has 3 nitrogen and oxygen atoms in total. The van der Waals surface area contributed by atoms with Crippen molar-refractivity contribution in [1.29, 1.82) is 0 Å². The van der Waals surface area contributed by atoms with Gasteiger partial charge in [0.05, 0.1) is 13.2 Å². The summed E-state index contributed by atoms with van der Waals surface area (Å²) in [4.78, 5) is 10.8. The number of carbonyl (C=O) groups excluding carboxylic acids is 1. The zero-order valence-electron chi connectivity index (χ0n) is 11.1. The van der Waals surface area contributed by atoms with Gasteiger partial charge in [-0.25, -0.2) is 0 Å². The van der Waals surface area contributed by atoms with E-state index in [4.69, 9.17) is 9.47 Å². The zero-order valence-corrected chi connectivity index (χ0v) is 11.1. The molecule has 0 atom stereocenters. The summed E-state index contributed by atoms with van der Waals surface area (Å²) in [6.45, 7) is 1.55. The van der Waals surface area contributed by atoms with Crippen molar-refractivity contribution < 1.29 is 14.3 Å². The van der Waals surface area contributed by atoms with E-state index in [1.54, 1.807) is 0 Å². The molecule has 2 saturated carbocycles. The summed E-state index contributed by atoms with van der Waals surface area (Å²) in [5.41, 5.74) is 0. The van der Waals surface area contributed by atoms with Gasteiger partial charge in [0.1, 0.15) is 6.29 Å². The van der Waals surface area contributed by atoms with Crippen LogP contribution in [0.4, 0.5) is 0 Å². The lowest BCUT2D eigenvalue weighted by Gasteiger charge is -2.40. The molecule has 3 rings (SSSR count). The Balaban J connectivity index is 1.49. The summed E-state index contributed by atoms with van der Waals surface area (Å²) < 4.78 is 11.6. The Kier molecular flexibility index (Phi) is 3.71. The van der Waals surface area contributed by atoms with E-state index < -0.39 is 0 Å². The number of hydrogen-bond donors (Lipinski definition) is 0. The Morgan fingerprint density at radius 3 is 1.94 bits per heavy atom. The number of aldehydes is 1. The molecule has 3 heteroatoms. The van der Waals surface area contributed by atoms with Gasteiger partial charge in [-0.2, -0.15) is 0 Å². The second kappa shape index (κ2) is 5.30. The normalized spacial score (nSPS) is 36.9. The Morgan fingerprint density at radius 1 is 0.833 bits per heavy atom. The van der Waals surface area contributed by atoms with Crippen LogP contribution in [-0.2, 0) is 14.3 Å². The third-order valence-corrected chi connectivity index (χ3v) is 5.28. The highest BCUT2D eigenvalue weighted by Gasteiger charge is 2.42. The first kappa shape index (κ1) is 12.6. The minimum Gasteiger partial charge on any atom is -0.348 e. The Bertz CT molecular complexity index is 278. The van der Waals surface area contributed by atoms with Gasteiger partial charge in [-0.1, -0.05) is 0 Å². The SMILES string of the molecule is O=CC1CCC(C2CCC3(CC2)OCCO3)CC1. The molecule has 1 spiro atoms. The van der Waals surface area contributed by atoms with Crippen LogP contribution in [0.25, 0.3) is 0 Å². The van der Waals surface area contributed by atoms with Crippen molar-refractivity contribution in [3.63, 3.8) is 0 Å². The highest BCUT2D eigenvalue weighted by Crippen LogP contribution is 2.44. The Labute approximate surface area is 109 Å². The minimum absolute atomic E-state index is 0.212. The Morgan fingerprint density at radius 2 is 1.39 bits per heavy atom. The molecule has 3 fully saturated rings. The van der Waals surface area contributed by atoms with Crippen molar-refractivity contribution in [2.45, 2.75) is 57.2 Å². The van der Waals surface area contributed by atoms with Crippen molar-refractivity contribution in [2.75, 3.05) is 13.2 Å². The maximum Gasteiger partial charge on any atom is 0.168 e. The lowest BCUT2D eigenvalue weighted by molar-refractivity contribution is -0.185. The van der Waals surface area contributed by atoms with Gasteiger partial charge in [0.15, 0.2) is 5.79 Å². The van der Waals surface area contributed by atoms with Gasteiger partial charge in [-0.15, -0.1) is 0 Å². The zero-order chi connectivity index (χ0) is 12.4. The molecule has 3 aliphatic rings. The molecule has 0 aromatic carbocycles. The summed E-state index contributed by atoms with van der Waals surface area (Å²) in [6.07, 6.45) is 10.5. The van der Waals surface area contributed by atoms with Crippen LogP contribution in [0.3, 0.4) is 0 Å². The van der Waals surface area contributed by atoms with Crippen molar-refractivity contribution in [3.05, 3.63) is 0 Å². The molecule has 0 radical (unpaired) electrons. The van der Waals surface area contributed by atoms with E-state index in [9.17, 15) is 4.79 Å². The molecule has 1 aliphatic heterocycles. The first-order valence-electron chi connectivity index (χ1n) is 7.54. The summed E-state index contributed by atoms with van der Waals surface area (Å²) in [5, 5.41) is 0. The van der Waals surface area contributed by atoms with Crippen LogP contribution in [0.5, 0.6) is 0 Å². The van der Waals surface area contributed by atoms with Crippen LogP contribution < -0.4 is 0 Å². The second-order valence-corrected chi connectivity index (χ2v) is 6.26. The first-order chi connectivity index (χ1) is 8.81. The Hall–Kier alpha value is -0.410. The predicted molar refractivity (Wildman–Crippen MR) is 68.1 cm³/mol. The molecule has 0 bridgehead atoms. The number of ether oxygens (including phenoxy) is 2. The van der Waals surface area contributed by atoms with Gasteiger partial charge >= 0.3 is 0 Å². The molecule has 0 aromatic heterocycles. The maximum atomic E-state index is 10.8.